The van der Waals surface area contributed by atoms with Gasteiger partial charge in [-0.05, 0) is 32.0 Å². The molecule has 34 heavy (non-hydrogen) atoms. The molecule has 0 spiro atoms. The van der Waals surface area contributed by atoms with Crippen molar-refractivity contribution >= 4 is 27.5 Å². The smallest absolute Gasteiger partial charge is 0.244 e. The number of benzene rings is 2. The Hall–Kier alpha value is -3.34. The molecule has 0 saturated heterocycles. The number of hydrogen-bond acceptors (Lipinski definition) is 6. The fraction of sp³-hybridized carbons (Fsp3) is 0.391. The average molecular weight is 496 g/mol. The van der Waals surface area contributed by atoms with Crippen LogP contribution in [0.2, 0.25) is 0 Å². The molecule has 1 N–H and O–H groups in total. The minimum absolute atomic E-state index is 0.0919. The van der Waals surface area contributed by atoms with Crippen LogP contribution in [0, 0.1) is 5.82 Å². The lowest BCUT2D eigenvalue weighted by molar-refractivity contribution is -0.139. The van der Waals surface area contributed by atoms with Gasteiger partial charge >= 0.3 is 0 Å². The van der Waals surface area contributed by atoms with E-state index in [1.165, 1.54) is 51.5 Å². The summed E-state index contributed by atoms with van der Waals surface area (Å²) >= 11 is 0. The second-order valence-corrected chi connectivity index (χ2v) is 9.40. The Morgan fingerprint density at radius 3 is 2.35 bits per heavy atom. The number of anilines is 1. The molecule has 0 fully saturated rings. The monoisotopic (exact) mass is 495 g/mol. The Bertz CT molecular complexity index is 1130. The van der Waals surface area contributed by atoms with Crippen molar-refractivity contribution in [2.24, 2.45) is 0 Å². The van der Waals surface area contributed by atoms with Crippen LogP contribution in [0.3, 0.4) is 0 Å². The van der Waals surface area contributed by atoms with Crippen molar-refractivity contribution in [2.45, 2.75) is 26.4 Å². The molecular weight excluding hydrogens is 465 g/mol. The van der Waals surface area contributed by atoms with E-state index in [-0.39, 0.29) is 23.5 Å². The molecule has 2 aromatic carbocycles. The predicted molar refractivity (Wildman–Crippen MR) is 127 cm³/mol. The van der Waals surface area contributed by atoms with Gasteiger partial charge in [0.2, 0.25) is 21.8 Å². The number of nitrogens with one attached hydrogen (secondary N) is 1. The van der Waals surface area contributed by atoms with Crippen LogP contribution >= 0.6 is 0 Å². The summed E-state index contributed by atoms with van der Waals surface area (Å²) in [6.45, 7) is 2.70. The fourth-order valence-corrected chi connectivity index (χ4v) is 4.15. The molecule has 11 heteroatoms. The number of carbonyl (C=O) groups is 2. The first-order valence-electron chi connectivity index (χ1n) is 10.5. The first-order chi connectivity index (χ1) is 16.0. The number of likely N-dealkylation sites (N-methyl/N-ethyl adjacent to an activating group) is 1. The maximum Gasteiger partial charge on any atom is 0.244 e. The number of halogens is 1. The molecule has 186 valence electrons. The topological polar surface area (TPSA) is 105 Å². The van der Waals surface area contributed by atoms with Gasteiger partial charge in [0, 0.05) is 24.7 Å². The van der Waals surface area contributed by atoms with E-state index in [0.717, 1.165) is 15.5 Å². The Balaban J connectivity index is 2.49. The van der Waals surface area contributed by atoms with Crippen LogP contribution in [0.25, 0.3) is 0 Å². The molecule has 9 nitrogen and oxygen atoms in total. The van der Waals surface area contributed by atoms with Crippen LogP contribution in [0.15, 0.2) is 42.5 Å². The van der Waals surface area contributed by atoms with Crippen LogP contribution in [-0.4, -0.2) is 64.7 Å². The maximum atomic E-state index is 14.3. The third kappa shape index (κ3) is 6.60. The Labute approximate surface area is 199 Å². The quantitative estimate of drug-likeness (QED) is 0.512. The van der Waals surface area contributed by atoms with Gasteiger partial charge in [0.15, 0.2) is 0 Å². The van der Waals surface area contributed by atoms with Crippen molar-refractivity contribution < 1.29 is 31.9 Å². The summed E-state index contributed by atoms with van der Waals surface area (Å²) in [5, 5.41) is 2.63. The number of sulfonamides is 1. The van der Waals surface area contributed by atoms with Crippen molar-refractivity contribution in [2.75, 3.05) is 37.9 Å². The van der Waals surface area contributed by atoms with Crippen LogP contribution in [-0.2, 0) is 26.2 Å². The fourth-order valence-electron chi connectivity index (χ4n) is 3.30. The van der Waals surface area contributed by atoms with E-state index in [9.17, 15) is 22.4 Å². The normalized spacial score (nSPS) is 11.9. The van der Waals surface area contributed by atoms with Crippen molar-refractivity contribution in [1.29, 1.82) is 0 Å². The van der Waals surface area contributed by atoms with E-state index in [2.05, 4.69) is 5.32 Å². The summed E-state index contributed by atoms with van der Waals surface area (Å²) < 4.78 is 51.1. The van der Waals surface area contributed by atoms with Crippen LogP contribution < -0.4 is 19.1 Å². The third-order valence-electron chi connectivity index (χ3n) is 5.15. The zero-order valence-corrected chi connectivity index (χ0v) is 20.7. The van der Waals surface area contributed by atoms with Gasteiger partial charge in [0.25, 0.3) is 0 Å². The van der Waals surface area contributed by atoms with E-state index >= 15 is 0 Å². The second-order valence-electron chi connectivity index (χ2n) is 7.49. The van der Waals surface area contributed by atoms with Crippen molar-refractivity contribution in [3.8, 4) is 11.5 Å². The number of rotatable bonds is 11. The second kappa shape index (κ2) is 11.7. The zero-order chi connectivity index (χ0) is 25.5. The number of amides is 2. The summed E-state index contributed by atoms with van der Waals surface area (Å²) in [6, 6.07) is 9.43. The predicted octanol–water partition coefficient (Wildman–Crippen LogP) is 2.16. The van der Waals surface area contributed by atoms with E-state index in [0.29, 0.717) is 12.3 Å². The van der Waals surface area contributed by atoms with Crippen molar-refractivity contribution in [3.63, 3.8) is 0 Å². The highest BCUT2D eigenvalue weighted by atomic mass is 32.2. The van der Waals surface area contributed by atoms with Gasteiger partial charge in [-0.1, -0.05) is 18.2 Å². The summed E-state index contributed by atoms with van der Waals surface area (Å²) in [6.07, 6.45) is 0.952. The van der Waals surface area contributed by atoms with Gasteiger partial charge in [0.1, 0.15) is 29.9 Å². The lowest BCUT2D eigenvalue weighted by Gasteiger charge is -2.32. The summed E-state index contributed by atoms with van der Waals surface area (Å²) in [5.41, 5.74) is 0.283. The molecule has 2 amide bonds. The summed E-state index contributed by atoms with van der Waals surface area (Å²) in [7, 11) is -1.17. The van der Waals surface area contributed by atoms with Gasteiger partial charge in [-0.2, -0.15) is 0 Å². The van der Waals surface area contributed by atoms with E-state index in [1.54, 1.807) is 19.1 Å². The average Bonchev–Trinajstić information content (AvgIpc) is 2.80. The van der Waals surface area contributed by atoms with Crippen LogP contribution in [0.1, 0.15) is 19.4 Å². The zero-order valence-electron chi connectivity index (χ0n) is 19.9. The summed E-state index contributed by atoms with van der Waals surface area (Å²) in [5.74, 6) is -1.13. The molecule has 0 bridgehead atoms. The minimum Gasteiger partial charge on any atom is -0.497 e. The van der Waals surface area contributed by atoms with Gasteiger partial charge in [-0.25, -0.2) is 12.8 Å². The van der Waals surface area contributed by atoms with Crippen molar-refractivity contribution in [3.05, 3.63) is 53.8 Å². The molecular formula is C23H30FN3O6S. The molecule has 0 saturated carbocycles. The highest BCUT2D eigenvalue weighted by Crippen LogP contribution is 2.34. The molecule has 1 atom stereocenters. The molecule has 0 aliphatic heterocycles. The van der Waals surface area contributed by atoms with Gasteiger partial charge in [0.05, 0.1) is 26.2 Å². The van der Waals surface area contributed by atoms with Crippen LogP contribution in [0.5, 0.6) is 11.5 Å². The van der Waals surface area contributed by atoms with E-state index in [4.69, 9.17) is 9.47 Å². The van der Waals surface area contributed by atoms with E-state index in [1.807, 2.05) is 0 Å². The number of carbonyl (C=O) groups excluding carboxylic acids is 2. The molecule has 0 unspecified atom stereocenters. The number of methoxy groups -OCH3 is 2. The first kappa shape index (κ1) is 26.9. The maximum absolute atomic E-state index is 14.3. The standard InChI is InChI=1S/C23H30FN3O6S/c1-6-25-23(29)16(2)26(14-17-9-7-8-10-19(17)24)22(28)15-27(34(5,30)31)20-13-18(32-3)11-12-21(20)33-4/h7-13,16H,6,14-15H2,1-5H3,(H,25,29)/t16-/m0/s1. The molecule has 0 heterocycles. The Morgan fingerprint density at radius 2 is 1.79 bits per heavy atom. The Kier molecular flexibility index (Phi) is 9.25. The molecule has 2 aromatic rings. The summed E-state index contributed by atoms with van der Waals surface area (Å²) in [4.78, 5) is 27.1. The third-order valence-corrected chi connectivity index (χ3v) is 6.28. The molecule has 0 aliphatic carbocycles. The highest BCUT2D eigenvalue weighted by molar-refractivity contribution is 7.92. The minimum atomic E-state index is -3.97. The Morgan fingerprint density at radius 1 is 1.12 bits per heavy atom. The molecule has 0 aliphatic rings. The first-order valence-corrected chi connectivity index (χ1v) is 12.4. The van der Waals surface area contributed by atoms with E-state index < -0.39 is 40.2 Å². The number of nitrogens with zero attached hydrogens (tertiary/aromatic N) is 2. The van der Waals surface area contributed by atoms with Gasteiger partial charge in [-0.3, -0.25) is 13.9 Å². The van der Waals surface area contributed by atoms with Crippen molar-refractivity contribution in [1.82, 2.24) is 10.2 Å². The number of ether oxygens (including phenoxy) is 2. The lowest BCUT2D eigenvalue weighted by atomic mass is 10.1. The molecule has 0 radical (unpaired) electrons. The number of hydrogen-bond donors (Lipinski definition) is 1. The highest BCUT2D eigenvalue weighted by Gasteiger charge is 2.31. The SMILES string of the molecule is CCNC(=O)[C@H](C)N(Cc1ccccc1F)C(=O)CN(c1cc(OC)ccc1OC)S(C)(=O)=O. The van der Waals surface area contributed by atoms with Crippen LogP contribution in [0.4, 0.5) is 10.1 Å². The molecule has 2 rings (SSSR count). The largest absolute Gasteiger partial charge is 0.497 e. The lowest BCUT2D eigenvalue weighted by Crippen LogP contribution is -2.51. The molecule has 0 aromatic heterocycles. The van der Waals surface area contributed by atoms with Gasteiger partial charge < -0.3 is 19.7 Å². The van der Waals surface area contributed by atoms with Gasteiger partial charge in [-0.15, -0.1) is 0 Å².